The quantitative estimate of drug-likeness (QED) is 0.472. The lowest BCUT2D eigenvalue weighted by Crippen LogP contribution is -2.27. The normalized spacial score (nSPS) is 11.0. The molecular formula is C21H14BrNO3S. The molecule has 0 atom stereocenters. The molecule has 0 amide bonds. The van der Waals surface area contributed by atoms with Gasteiger partial charge < -0.3 is 5.11 Å². The van der Waals surface area contributed by atoms with Crippen molar-refractivity contribution in [2.75, 3.05) is 0 Å². The number of pyridine rings is 1. The molecule has 0 fully saturated rings. The maximum atomic E-state index is 13.2. The first-order valence-corrected chi connectivity index (χ1v) is 9.90. The van der Waals surface area contributed by atoms with E-state index in [1.807, 2.05) is 47.8 Å². The van der Waals surface area contributed by atoms with Crippen LogP contribution in [0.3, 0.4) is 0 Å². The molecular weight excluding hydrogens is 426 g/mol. The molecule has 0 bridgehead atoms. The monoisotopic (exact) mass is 439 g/mol. The van der Waals surface area contributed by atoms with Crippen molar-refractivity contribution in [3.63, 3.8) is 0 Å². The van der Waals surface area contributed by atoms with Crippen molar-refractivity contribution in [2.24, 2.45) is 0 Å². The number of thiophene rings is 1. The second kappa shape index (κ2) is 7.13. The van der Waals surface area contributed by atoms with Crippen LogP contribution in [-0.2, 0) is 6.54 Å². The second-order valence-electron chi connectivity index (χ2n) is 6.06. The minimum Gasteiger partial charge on any atom is -0.477 e. The number of carbonyl (C=O) groups is 1. The van der Waals surface area contributed by atoms with Gasteiger partial charge in [0.2, 0.25) is 0 Å². The van der Waals surface area contributed by atoms with Gasteiger partial charge in [-0.05, 0) is 40.6 Å². The van der Waals surface area contributed by atoms with Gasteiger partial charge in [0.1, 0.15) is 5.69 Å². The van der Waals surface area contributed by atoms with Gasteiger partial charge in [-0.1, -0.05) is 52.3 Å². The third-order valence-corrected chi connectivity index (χ3v) is 5.75. The van der Waals surface area contributed by atoms with E-state index in [1.165, 1.54) is 15.9 Å². The number of halogens is 1. The number of rotatable bonds is 4. The van der Waals surface area contributed by atoms with Gasteiger partial charge in [-0.25, -0.2) is 4.79 Å². The number of benzene rings is 2. The molecule has 0 radical (unpaired) electrons. The van der Waals surface area contributed by atoms with Crippen LogP contribution in [0.2, 0.25) is 0 Å². The Bertz CT molecular complexity index is 1200. The standard InChI is InChI=1S/C21H14BrNO3S/c22-14-8-9-16-17(11-14)18(13-5-2-1-3-6-13)19(21(25)26)23(20(16)24)12-15-7-4-10-27-15/h1-11H,12H2,(H,25,26). The second-order valence-corrected chi connectivity index (χ2v) is 8.00. The Balaban J connectivity index is 2.16. The van der Waals surface area contributed by atoms with Crippen molar-refractivity contribution in [3.8, 4) is 11.1 Å². The number of aromatic carboxylic acids is 1. The van der Waals surface area contributed by atoms with Crippen LogP contribution in [0.1, 0.15) is 15.4 Å². The lowest BCUT2D eigenvalue weighted by atomic mass is 9.96. The number of fused-ring (bicyclic) bond motifs is 1. The predicted octanol–water partition coefficient (Wildman–Crippen LogP) is 5.24. The number of hydrogen-bond donors (Lipinski definition) is 1. The highest BCUT2D eigenvalue weighted by molar-refractivity contribution is 9.10. The maximum Gasteiger partial charge on any atom is 0.353 e. The summed E-state index contributed by atoms with van der Waals surface area (Å²) in [5.74, 6) is -1.12. The molecule has 0 spiro atoms. The molecule has 2 aromatic heterocycles. The van der Waals surface area contributed by atoms with Gasteiger partial charge in [0.15, 0.2) is 0 Å². The van der Waals surface area contributed by atoms with E-state index in [-0.39, 0.29) is 17.8 Å². The third-order valence-electron chi connectivity index (χ3n) is 4.39. The molecule has 0 saturated carbocycles. The Morgan fingerprint density at radius 3 is 2.48 bits per heavy atom. The fourth-order valence-corrected chi connectivity index (χ4v) is 4.30. The Kier molecular flexibility index (Phi) is 4.68. The van der Waals surface area contributed by atoms with Crippen LogP contribution in [0.25, 0.3) is 21.9 Å². The minimum absolute atomic E-state index is 0.00481. The molecule has 4 aromatic rings. The van der Waals surface area contributed by atoms with E-state index in [4.69, 9.17) is 0 Å². The summed E-state index contributed by atoms with van der Waals surface area (Å²) in [7, 11) is 0. The summed E-state index contributed by atoms with van der Waals surface area (Å²) in [5.41, 5.74) is 1.02. The van der Waals surface area contributed by atoms with Gasteiger partial charge in [0, 0.05) is 20.3 Å². The first-order valence-electron chi connectivity index (χ1n) is 8.23. The molecule has 0 aliphatic rings. The molecule has 0 saturated heterocycles. The number of aromatic nitrogens is 1. The molecule has 2 aromatic carbocycles. The number of hydrogen-bond acceptors (Lipinski definition) is 3. The van der Waals surface area contributed by atoms with Crippen LogP contribution in [0.5, 0.6) is 0 Å². The van der Waals surface area contributed by atoms with Crippen LogP contribution in [0, 0.1) is 0 Å². The highest BCUT2D eigenvalue weighted by Crippen LogP contribution is 2.33. The fraction of sp³-hybridized carbons (Fsp3) is 0.0476. The number of carboxylic acid groups (broad SMARTS) is 1. The van der Waals surface area contributed by atoms with Crippen molar-refractivity contribution in [3.05, 3.63) is 91.4 Å². The lowest BCUT2D eigenvalue weighted by Gasteiger charge is -2.17. The highest BCUT2D eigenvalue weighted by Gasteiger charge is 2.23. The molecule has 4 rings (SSSR count). The van der Waals surface area contributed by atoms with Gasteiger partial charge in [0.25, 0.3) is 5.56 Å². The van der Waals surface area contributed by atoms with E-state index in [9.17, 15) is 14.7 Å². The van der Waals surface area contributed by atoms with Crippen molar-refractivity contribution < 1.29 is 9.90 Å². The van der Waals surface area contributed by atoms with E-state index in [1.54, 1.807) is 18.2 Å². The maximum absolute atomic E-state index is 13.2. The van der Waals surface area contributed by atoms with Gasteiger partial charge in [-0.2, -0.15) is 0 Å². The summed E-state index contributed by atoms with van der Waals surface area (Å²) in [6.07, 6.45) is 0. The zero-order chi connectivity index (χ0) is 19.0. The molecule has 27 heavy (non-hydrogen) atoms. The summed E-state index contributed by atoms with van der Waals surface area (Å²) in [5, 5.41) is 13.1. The smallest absolute Gasteiger partial charge is 0.353 e. The van der Waals surface area contributed by atoms with Gasteiger partial charge in [-0.3, -0.25) is 9.36 Å². The fourth-order valence-electron chi connectivity index (χ4n) is 3.25. The Morgan fingerprint density at radius 2 is 1.81 bits per heavy atom. The van der Waals surface area contributed by atoms with E-state index < -0.39 is 5.97 Å². The number of carboxylic acids is 1. The average Bonchev–Trinajstić information content (AvgIpc) is 3.17. The van der Waals surface area contributed by atoms with Gasteiger partial charge in [-0.15, -0.1) is 11.3 Å². The Hall–Kier alpha value is -2.70. The molecule has 6 heteroatoms. The van der Waals surface area contributed by atoms with Crippen molar-refractivity contribution in [1.29, 1.82) is 0 Å². The number of nitrogens with zero attached hydrogens (tertiary/aromatic N) is 1. The zero-order valence-electron chi connectivity index (χ0n) is 14.1. The summed E-state index contributed by atoms with van der Waals surface area (Å²) in [4.78, 5) is 26.3. The zero-order valence-corrected chi connectivity index (χ0v) is 16.5. The molecule has 134 valence electrons. The van der Waals surface area contributed by atoms with E-state index in [0.717, 1.165) is 14.9 Å². The summed E-state index contributed by atoms with van der Waals surface area (Å²) >= 11 is 4.93. The van der Waals surface area contributed by atoms with Crippen molar-refractivity contribution >= 4 is 44.0 Å². The van der Waals surface area contributed by atoms with E-state index >= 15 is 0 Å². The summed E-state index contributed by atoms with van der Waals surface area (Å²) < 4.78 is 2.16. The van der Waals surface area contributed by atoms with E-state index in [0.29, 0.717) is 16.3 Å². The van der Waals surface area contributed by atoms with E-state index in [2.05, 4.69) is 15.9 Å². The Morgan fingerprint density at radius 1 is 1.04 bits per heavy atom. The van der Waals surface area contributed by atoms with Crippen LogP contribution in [0.15, 0.2) is 75.3 Å². The van der Waals surface area contributed by atoms with Gasteiger partial charge in [0.05, 0.1) is 6.54 Å². The first-order chi connectivity index (χ1) is 13.1. The predicted molar refractivity (Wildman–Crippen MR) is 112 cm³/mol. The van der Waals surface area contributed by atoms with Crippen LogP contribution in [0.4, 0.5) is 0 Å². The molecule has 0 aliphatic carbocycles. The third kappa shape index (κ3) is 3.22. The van der Waals surface area contributed by atoms with Gasteiger partial charge >= 0.3 is 5.97 Å². The van der Waals surface area contributed by atoms with Crippen LogP contribution >= 0.6 is 27.3 Å². The highest BCUT2D eigenvalue weighted by atomic mass is 79.9. The first kappa shape index (κ1) is 17.7. The molecule has 0 aliphatic heterocycles. The summed E-state index contributed by atoms with van der Waals surface area (Å²) in [6.45, 7) is 0.226. The van der Waals surface area contributed by atoms with Crippen molar-refractivity contribution in [1.82, 2.24) is 4.57 Å². The minimum atomic E-state index is -1.12. The lowest BCUT2D eigenvalue weighted by molar-refractivity contribution is 0.0685. The topological polar surface area (TPSA) is 59.3 Å². The Labute approximate surface area is 167 Å². The average molecular weight is 440 g/mol. The SMILES string of the molecule is O=C(O)c1c(-c2ccccc2)c2cc(Br)ccc2c(=O)n1Cc1cccs1. The van der Waals surface area contributed by atoms with Crippen molar-refractivity contribution in [2.45, 2.75) is 6.54 Å². The summed E-state index contributed by atoms with van der Waals surface area (Å²) in [6, 6.07) is 18.5. The largest absolute Gasteiger partial charge is 0.477 e. The molecule has 2 heterocycles. The van der Waals surface area contributed by atoms with Crippen LogP contribution in [-0.4, -0.2) is 15.6 Å². The molecule has 0 unspecified atom stereocenters. The molecule has 4 nitrogen and oxygen atoms in total. The van der Waals surface area contributed by atoms with Crippen LogP contribution < -0.4 is 5.56 Å². The molecule has 1 N–H and O–H groups in total.